The van der Waals surface area contributed by atoms with Crippen LogP contribution in [0.3, 0.4) is 0 Å². The second kappa shape index (κ2) is 4.01. The summed E-state index contributed by atoms with van der Waals surface area (Å²) in [4.78, 5) is 0.925. The van der Waals surface area contributed by atoms with Crippen LogP contribution in [0.25, 0.3) is 22.2 Å². The van der Waals surface area contributed by atoms with Crippen LogP contribution in [0.2, 0.25) is 0 Å². The molecule has 0 aliphatic heterocycles. The van der Waals surface area contributed by atoms with Crippen LogP contribution in [-0.4, -0.2) is 4.55 Å². The van der Waals surface area contributed by atoms with E-state index in [9.17, 15) is 4.55 Å². The molecule has 15 heavy (non-hydrogen) atoms. The van der Waals surface area contributed by atoms with Crippen molar-refractivity contribution in [3.05, 3.63) is 47.4 Å². The highest BCUT2D eigenvalue weighted by molar-refractivity contribution is 7.32. The fourth-order valence-corrected chi connectivity index (χ4v) is 3.12. The number of rotatable bonds is 2. The van der Waals surface area contributed by atoms with Crippen LogP contribution in [-0.2, 0) is 0 Å². The first-order valence-corrected chi connectivity index (χ1v) is 6.00. The van der Waals surface area contributed by atoms with Gasteiger partial charge in [0.05, 0.1) is 10.9 Å². The van der Waals surface area contributed by atoms with Crippen molar-refractivity contribution in [2.75, 3.05) is 0 Å². The molecule has 1 aromatic carbocycles. The van der Waals surface area contributed by atoms with Gasteiger partial charge in [-0.1, -0.05) is 30.9 Å². The highest BCUT2D eigenvalue weighted by Crippen LogP contribution is 2.39. The molecule has 0 aliphatic rings. The molecule has 2 rings (SSSR count). The van der Waals surface area contributed by atoms with Crippen molar-refractivity contribution in [3.8, 4) is 0 Å². The molecule has 0 saturated carbocycles. The van der Waals surface area contributed by atoms with E-state index in [2.05, 4.69) is 6.58 Å². The number of hydrogen-bond donors (Lipinski definition) is 1. The van der Waals surface area contributed by atoms with Crippen molar-refractivity contribution in [1.82, 2.24) is 0 Å². The summed E-state index contributed by atoms with van der Waals surface area (Å²) in [5, 5.41) is 1.12. The molecule has 76 valence electrons. The maximum atomic E-state index is 10.1. The summed E-state index contributed by atoms with van der Waals surface area (Å²) in [6, 6.07) is 7.95. The third-order valence-electron chi connectivity index (χ3n) is 2.38. The van der Waals surface area contributed by atoms with Crippen LogP contribution in [0.5, 0.6) is 0 Å². The Kier molecular flexibility index (Phi) is 2.71. The fraction of sp³-hybridized carbons (Fsp3) is 0.0769. The highest BCUT2D eigenvalue weighted by Gasteiger charge is 2.22. The van der Waals surface area contributed by atoms with Crippen LogP contribution in [0.15, 0.2) is 36.9 Å². The predicted octanol–water partition coefficient (Wildman–Crippen LogP) is 4.40. The van der Waals surface area contributed by atoms with Gasteiger partial charge in [0.1, 0.15) is 0 Å². The largest absolute Gasteiger partial charge is 0.218 e. The van der Waals surface area contributed by atoms with E-state index in [1.165, 1.54) is 0 Å². The van der Waals surface area contributed by atoms with Gasteiger partial charge in [0.15, 0.2) is 10.8 Å². The maximum Gasteiger partial charge on any atom is 0.218 e. The van der Waals surface area contributed by atoms with E-state index in [0.717, 1.165) is 20.5 Å². The lowest BCUT2D eigenvalue weighted by Gasteiger charge is -1.86. The molecule has 0 saturated heterocycles. The Morgan fingerprint density at radius 2 is 2.07 bits per heavy atom. The number of allylic oxidation sites excluding steroid dienone is 1. The molecule has 1 aromatic heterocycles. The van der Waals surface area contributed by atoms with Crippen molar-refractivity contribution >= 4 is 33.0 Å². The maximum absolute atomic E-state index is 10.1. The van der Waals surface area contributed by atoms with Gasteiger partial charge in [-0.05, 0) is 19.1 Å². The topological polar surface area (TPSA) is 20.2 Å². The average Bonchev–Trinajstić information content (AvgIpc) is 2.54. The molecule has 2 aromatic rings. The molecule has 1 unspecified atom stereocenters. The Morgan fingerprint density at radius 3 is 2.73 bits per heavy atom. The minimum atomic E-state index is -0.807. The number of fused-ring (bicyclic) bond motifs is 1. The SMILES string of the molecule is C=Cc1c(/C=C\C)c2ccccc2[s+]1O. The molecule has 0 bridgehead atoms. The third kappa shape index (κ3) is 1.52. The van der Waals surface area contributed by atoms with E-state index in [-0.39, 0.29) is 0 Å². The van der Waals surface area contributed by atoms with Gasteiger partial charge in [0.2, 0.25) is 9.58 Å². The lowest BCUT2D eigenvalue weighted by atomic mass is 10.1. The summed E-state index contributed by atoms with van der Waals surface area (Å²) in [6.07, 6.45) is 5.76. The zero-order chi connectivity index (χ0) is 10.8. The molecule has 1 heterocycles. The quantitative estimate of drug-likeness (QED) is 0.739. The van der Waals surface area contributed by atoms with Gasteiger partial charge in [0, 0.05) is 6.07 Å². The normalized spacial score (nSPS) is 12.5. The molecular weight excluding hydrogens is 204 g/mol. The predicted molar refractivity (Wildman–Crippen MR) is 68.6 cm³/mol. The second-order valence-corrected chi connectivity index (χ2v) is 4.71. The molecule has 0 amide bonds. The van der Waals surface area contributed by atoms with E-state index in [1.807, 2.05) is 43.3 Å². The van der Waals surface area contributed by atoms with Crippen LogP contribution in [0.4, 0.5) is 0 Å². The zero-order valence-corrected chi connectivity index (χ0v) is 9.42. The summed E-state index contributed by atoms with van der Waals surface area (Å²) < 4.78 is 11.1. The molecule has 1 nitrogen and oxygen atoms in total. The van der Waals surface area contributed by atoms with Gasteiger partial charge < -0.3 is 0 Å². The van der Waals surface area contributed by atoms with Crippen molar-refractivity contribution in [3.63, 3.8) is 0 Å². The van der Waals surface area contributed by atoms with Gasteiger partial charge in [-0.15, -0.1) is 0 Å². The molecule has 0 fully saturated rings. The summed E-state index contributed by atoms with van der Waals surface area (Å²) in [5.74, 6) is 0. The van der Waals surface area contributed by atoms with E-state index in [0.29, 0.717) is 0 Å². The second-order valence-electron chi connectivity index (χ2n) is 3.26. The summed E-state index contributed by atoms with van der Waals surface area (Å²) in [5.41, 5.74) is 1.09. The third-order valence-corrected chi connectivity index (χ3v) is 3.95. The van der Waals surface area contributed by atoms with E-state index < -0.39 is 10.8 Å². The monoisotopic (exact) mass is 217 g/mol. The molecular formula is C13H13OS+. The van der Waals surface area contributed by atoms with Gasteiger partial charge >= 0.3 is 0 Å². The van der Waals surface area contributed by atoms with Crippen molar-refractivity contribution < 1.29 is 4.55 Å². The summed E-state index contributed by atoms with van der Waals surface area (Å²) in [6.45, 7) is 5.74. The molecule has 1 atom stereocenters. The van der Waals surface area contributed by atoms with Crippen LogP contribution >= 0.6 is 10.8 Å². The molecule has 2 heteroatoms. The van der Waals surface area contributed by atoms with Gasteiger partial charge in [-0.25, -0.2) is 0 Å². The standard InChI is InChI=1S/C13H13OS/c1-3-7-10-11-8-5-6-9-13(11)15(14)12(10)4-2/h3-9,14H,2H2,1H3/q+1/b7-3-. The number of hydrogen-bond acceptors (Lipinski definition) is 1. The average molecular weight is 217 g/mol. The number of benzene rings is 1. The van der Waals surface area contributed by atoms with E-state index in [1.54, 1.807) is 6.08 Å². The van der Waals surface area contributed by atoms with Gasteiger partial charge in [-0.3, -0.25) is 0 Å². The van der Waals surface area contributed by atoms with Crippen LogP contribution in [0.1, 0.15) is 17.4 Å². The molecule has 0 radical (unpaired) electrons. The molecule has 1 N–H and O–H groups in total. The highest BCUT2D eigenvalue weighted by atomic mass is 32.2. The van der Waals surface area contributed by atoms with Crippen molar-refractivity contribution in [1.29, 1.82) is 0 Å². The lowest BCUT2D eigenvalue weighted by Crippen LogP contribution is -1.71. The first-order chi connectivity index (χ1) is 7.29. The Balaban J connectivity index is 2.90. The minimum Gasteiger partial charge on any atom is -0.163 e. The Hall–Kier alpha value is -1.38. The Labute approximate surface area is 92.2 Å². The van der Waals surface area contributed by atoms with Crippen molar-refractivity contribution in [2.45, 2.75) is 6.92 Å². The van der Waals surface area contributed by atoms with Crippen molar-refractivity contribution in [2.24, 2.45) is 0 Å². The zero-order valence-electron chi connectivity index (χ0n) is 8.60. The van der Waals surface area contributed by atoms with E-state index >= 15 is 0 Å². The lowest BCUT2D eigenvalue weighted by molar-refractivity contribution is 0.644. The molecule has 0 aliphatic carbocycles. The smallest absolute Gasteiger partial charge is 0.163 e. The fourth-order valence-electron chi connectivity index (χ4n) is 1.74. The van der Waals surface area contributed by atoms with Gasteiger partial charge in [0.25, 0.3) is 0 Å². The summed E-state index contributed by atoms with van der Waals surface area (Å²) >= 11 is 0. The molecule has 0 spiro atoms. The van der Waals surface area contributed by atoms with Crippen LogP contribution < -0.4 is 0 Å². The first kappa shape index (κ1) is 10.1. The van der Waals surface area contributed by atoms with Crippen LogP contribution in [0, 0.1) is 0 Å². The minimum absolute atomic E-state index is 0.807. The number of thiophene rings is 1. The Bertz CT molecular complexity index is 535. The van der Waals surface area contributed by atoms with Gasteiger partial charge in [-0.2, -0.15) is 4.55 Å². The Morgan fingerprint density at radius 1 is 1.33 bits per heavy atom. The first-order valence-electron chi connectivity index (χ1n) is 4.81. The summed E-state index contributed by atoms with van der Waals surface area (Å²) in [7, 11) is -0.807. The van der Waals surface area contributed by atoms with E-state index in [4.69, 9.17) is 0 Å².